The summed E-state index contributed by atoms with van der Waals surface area (Å²) in [5.41, 5.74) is 0.945. The Balaban J connectivity index is 1.93. The second-order valence-electron chi connectivity index (χ2n) is 4.11. The SMILES string of the molecule is O=C(O)C1CCCN(Cc2ccncn2)C1. The first kappa shape index (κ1) is 11.0. The number of aromatic nitrogens is 2. The number of piperidine rings is 1. The third-order valence-electron chi connectivity index (χ3n) is 2.88. The van der Waals surface area contributed by atoms with E-state index in [1.165, 1.54) is 6.33 Å². The Morgan fingerprint density at radius 3 is 3.19 bits per heavy atom. The minimum atomic E-state index is -0.688. The largest absolute Gasteiger partial charge is 0.481 e. The molecule has 1 saturated heterocycles. The van der Waals surface area contributed by atoms with Crippen LogP contribution in [0.15, 0.2) is 18.6 Å². The van der Waals surface area contributed by atoms with Gasteiger partial charge in [-0.1, -0.05) is 0 Å². The van der Waals surface area contributed by atoms with Gasteiger partial charge in [-0.05, 0) is 25.5 Å². The molecule has 1 aromatic heterocycles. The van der Waals surface area contributed by atoms with E-state index in [4.69, 9.17) is 5.11 Å². The van der Waals surface area contributed by atoms with Crippen LogP contribution in [0.1, 0.15) is 18.5 Å². The van der Waals surface area contributed by atoms with Gasteiger partial charge in [-0.25, -0.2) is 9.97 Å². The number of aliphatic carboxylic acids is 1. The first-order valence-corrected chi connectivity index (χ1v) is 5.46. The number of rotatable bonds is 3. The van der Waals surface area contributed by atoms with Gasteiger partial charge in [-0.3, -0.25) is 9.69 Å². The fraction of sp³-hybridized carbons (Fsp3) is 0.545. The quantitative estimate of drug-likeness (QED) is 0.816. The monoisotopic (exact) mass is 221 g/mol. The predicted molar refractivity (Wildman–Crippen MR) is 57.7 cm³/mol. The summed E-state index contributed by atoms with van der Waals surface area (Å²) >= 11 is 0. The van der Waals surface area contributed by atoms with Crippen molar-refractivity contribution in [1.82, 2.24) is 14.9 Å². The van der Waals surface area contributed by atoms with Crippen molar-refractivity contribution < 1.29 is 9.90 Å². The molecule has 0 amide bonds. The maximum atomic E-state index is 10.9. The van der Waals surface area contributed by atoms with Crippen LogP contribution in [0.4, 0.5) is 0 Å². The van der Waals surface area contributed by atoms with Gasteiger partial charge in [-0.15, -0.1) is 0 Å². The van der Waals surface area contributed by atoms with Gasteiger partial charge in [0, 0.05) is 19.3 Å². The third kappa shape index (κ3) is 2.76. The average molecular weight is 221 g/mol. The van der Waals surface area contributed by atoms with Gasteiger partial charge in [0.15, 0.2) is 0 Å². The number of carbonyl (C=O) groups is 1. The van der Waals surface area contributed by atoms with Crippen molar-refractivity contribution >= 4 is 5.97 Å². The van der Waals surface area contributed by atoms with Crippen molar-refractivity contribution in [1.29, 1.82) is 0 Å². The number of likely N-dealkylation sites (tertiary alicyclic amines) is 1. The molecule has 0 aliphatic carbocycles. The van der Waals surface area contributed by atoms with Crippen LogP contribution in [0.25, 0.3) is 0 Å². The average Bonchev–Trinajstić information content (AvgIpc) is 2.30. The van der Waals surface area contributed by atoms with Gasteiger partial charge in [0.25, 0.3) is 0 Å². The lowest BCUT2D eigenvalue weighted by Gasteiger charge is -2.30. The summed E-state index contributed by atoms with van der Waals surface area (Å²) in [7, 11) is 0. The van der Waals surface area contributed by atoms with E-state index in [1.807, 2.05) is 6.07 Å². The lowest BCUT2D eigenvalue weighted by atomic mass is 9.98. The van der Waals surface area contributed by atoms with E-state index in [0.29, 0.717) is 13.1 Å². The molecule has 1 aromatic rings. The fourth-order valence-electron chi connectivity index (χ4n) is 2.04. The summed E-state index contributed by atoms with van der Waals surface area (Å²) in [6, 6.07) is 1.87. The summed E-state index contributed by atoms with van der Waals surface area (Å²) in [4.78, 5) is 21.0. The summed E-state index contributed by atoms with van der Waals surface area (Å²) in [5.74, 6) is -0.914. The van der Waals surface area contributed by atoms with Crippen LogP contribution in [-0.4, -0.2) is 39.0 Å². The summed E-state index contributed by atoms with van der Waals surface area (Å²) in [5, 5.41) is 8.97. The van der Waals surface area contributed by atoms with Gasteiger partial charge in [0.2, 0.25) is 0 Å². The van der Waals surface area contributed by atoms with Crippen LogP contribution in [0, 0.1) is 5.92 Å². The Kier molecular flexibility index (Phi) is 3.46. The van der Waals surface area contributed by atoms with Crippen molar-refractivity contribution in [3.8, 4) is 0 Å². The Hall–Kier alpha value is -1.49. The van der Waals surface area contributed by atoms with Gasteiger partial charge in [0.05, 0.1) is 11.6 Å². The van der Waals surface area contributed by atoms with Gasteiger partial charge >= 0.3 is 5.97 Å². The Morgan fingerprint density at radius 1 is 1.62 bits per heavy atom. The van der Waals surface area contributed by atoms with E-state index in [-0.39, 0.29) is 5.92 Å². The van der Waals surface area contributed by atoms with Crippen molar-refractivity contribution in [2.45, 2.75) is 19.4 Å². The molecule has 2 heterocycles. The standard InChI is InChI=1S/C11H15N3O2/c15-11(16)9-2-1-5-14(6-9)7-10-3-4-12-8-13-10/h3-4,8-9H,1-2,5-7H2,(H,15,16). The highest BCUT2D eigenvalue weighted by molar-refractivity contribution is 5.70. The Labute approximate surface area is 94.1 Å². The molecule has 0 spiro atoms. The van der Waals surface area contributed by atoms with Gasteiger partial charge in [0.1, 0.15) is 6.33 Å². The molecule has 86 valence electrons. The summed E-state index contributed by atoms with van der Waals surface area (Å²) in [6.07, 6.45) is 4.96. The van der Waals surface area contributed by atoms with Crippen LogP contribution in [0.3, 0.4) is 0 Å². The molecule has 2 rings (SSSR count). The number of hydrogen-bond donors (Lipinski definition) is 1. The van der Waals surface area contributed by atoms with Crippen molar-refractivity contribution in [3.63, 3.8) is 0 Å². The zero-order valence-corrected chi connectivity index (χ0v) is 9.04. The lowest BCUT2D eigenvalue weighted by Crippen LogP contribution is -2.38. The highest BCUT2D eigenvalue weighted by Crippen LogP contribution is 2.17. The van der Waals surface area contributed by atoms with E-state index in [1.54, 1.807) is 6.20 Å². The predicted octanol–water partition coefficient (Wildman–Crippen LogP) is 0.773. The zero-order valence-electron chi connectivity index (χ0n) is 9.04. The second-order valence-corrected chi connectivity index (χ2v) is 4.11. The second kappa shape index (κ2) is 5.03. The van der Waals surface area contributed by atoms with Crippen LogP contribution in [0.2, 0.25) is 0 Å². The Bertz CT molecular complexity index is 356. The topological polar surface area (TPSA) is 66.3 Å². The maximum Gasteiger partial charge on any atom is 0.307 e. The minimum Gasteiger partial charge on any atom is -0.481 e. The number of nitrogens with zero attached hydrogens (tertiary/aromatic N) is 3. The maximum absolute atomic E-state index is 10.9. The third-order valence-corrected chi connectivity index (χ3v) is 2.88. The molecule has 1 aliphatic rings. The molecule has 5 nitrogen and oxygen atoms in total. The van der Waals surface area contributed by atoms with E-state index in [2.05, 4.69) is 14.9 Å². The molecule has 1 aliphatic heterocycles. The van der Waals surface area contributed by atoms with Crippen molar-refractivity contribution in [3.05, 3.63) is 24.3 Å². The first-order valence-electron chi connectivity index (χ1n) is 5.46. The van der Waals surface area contributed by atoms with Crippen LogP contribution >= 0.6 is 0 Å². The van der Waals surface area contributed by atoms with Crippen molar-refractivity contribution in [2.24, 2.45) is 5.92 Å². The molecule has 1 N–H and O–H groups in total. The summed E-state index contributed by atoms with van der Waals surface area (Å²) < 4.78 is 0. The fourth-order valence-corrected chi connectivity index (χ4v) is 2.04. The zero-order chi connectivity index (χ0) is 11.4. The van der Waals surface area contributed by atoms with Crippen LogP contribution < -0.4 is 0 Å². The normalized spacial score (nSPS) is 21.9. The first-order chi connectivity index (χ1) is 7.75. The lowest BCUT2D eigenvalue weighted by molar-refractivity contribution is -0.143. The molecule has 5 heteroatoms. The Morgan fingerprint density at radius 2 is 2.50 bits per heavy atom. The van der Waals surface area contributed by atoms with E-state index in [0.717, 1.165) is 25.1 Å². The van der Waals surface area contributed by atoms with Crippen LogP contribution in [-0.2, 0) is 11.3 Å². The molecular formula is C11H15N3O2. The molecule has 0 bridgehead atoms. The molecule has 1 atom stereocenters. The molecule has 16 heavy (non-hydrogen) atoms. The van der Waals surface area contributed by atoms with Gasteiger partial charge in [-0.2, -0.15) is 0 Å². The summed E-state index contributed by atoms with van der Waals surface area (Å²) in [6.45, 7) is 2.29. The van der Waals surface area contributed by atoms with E-state index in [9.17, 15) is 4.79 Å². The molecule has 1 fully saturated rings. The smallest absolute Gasteiger partial charge is 0.307 e. The molecule has 0 saturated carbocycles. The van der Waals surface area contributed by atoms with E-state index < -0.39 is 5.97 Å². The molecule has 0 aromatic carbocycles. The van der Waals surface area contributed by atoms with Crippen LogP contribution in [0.5, 0.6) is 0 Å². The molecule has 0 radical (unpaired) electrons. The van der Waals surface area contributed by atoms with Gasteiger partial charge < -0.3 is 5.11 Å². The van der Waals surface area contributed by atoms with Crippen molar-refractivity contribution in [2.75, 3.05) is 13.1 Å². The highest BCUT2D eigenvalue weighted by atomic mass is 16.4. The van der Waals surface area contributed by atoms with E-state index >= 15 is 0 Å². The number of carboxylic acid groups (broad SMARTS) is 1. The molecular weight excluding hydrogens is 206 g/mol. The number of hydrogen-bond acceptors (Lipinski definition) is 4. The number of carboxylic acids is 1. The highest BCUT2D eigenvalue weighted by Gasteiger charge is 2.25. The minimum absolute atomic E-state index is 0.226. The molecule has 1 unspecified atom stereocenters.